The molecule has 120 valence electrons. The van der Waals surface area contributed by atoms with Crippen LogP contribution < -0.4 is 10.0 Å². The van der Waals surface area contributed by atoms with E-state index in [0.29, 0.717) is 12.6 Å². The van der Waals surface area contributed by atoms with Crippen LogP contribution in [0.4, 0.5) is 5.69 Å². The number of nitrogens with one attached hydrogen (secondary N) is 2. The lowest BCUT2D eigenvalue weighted by Crippen LogP contribution is -2.42. The molecule has 3 rings (SSSR count). The molecule has 2 N–H and O–H groups in total. The van der Waals surface area contributed by atoms with Gasteiger partial charge >= 0.3 is 0 Å². The molecule has 0 aromatic heterocycles. The summed E-state index contributed by atoms with van der Waals surface area (Å²) in [7, 11) is -3.63. The Labute approximate surface area is 129 Å². The fourth-order valence-electron chi connectivity index (χ4n) is 3.62. The van der Waals surface area contributed by atoms with Gasteiger partial charge in [-0.05, 0) is 37.9 Å². The number of fused-ring (bicyclic) bond motifs is 1. The zero-order valence-corrected chi connectivity index (χ0v) is 12.9. The van der Waals surface area contributed by atoms with Gasteiger partial charge in [0.1, 0.15) is 0 Å². The Bertz CT molecular complexity index is 662. The van der Waals surface area contributed by atoms with E-state index in [1.807, 2.05) is 0 Å². The average molecular weight is 325 g/mol. The van der Waals surface area contributed by atoms with Crippen LogP contribution >= 0.6 is 0 Å². The van der Waals surface area contributed by atoms with E-state index < -0.39 is 14.9 Å². The summed E-state index contributed by atoms with van der Waals surface area (Å²) in [6.07, 6.45) is 4.24. The summed E-state index contributed by atoms with van der Waals surface area (Å²) < 4.78 is 27.4. The number of non-ortho nitro benzene ring substituents is 1. The van der Waals surface area contributed by atoms with Crippen LogP contribution in [0.1, 0.15) is 25.7 Å². The predicted octanol–water partition coefficient (Wildman–Crippen LogP) is 1.41. The van der Waals surface area contributed by atoms with Crippen molar-refractivity contribution in [2.45, 2.75) is 36.6 Å². The van der Waals surface area contributed by atoms with E-state index in [-0.39, 0.29) is 16.0 Å². The first-order valence-electron chi connectivity index (χ1n) is 7.41. The van der Waals surface area contributed by atoms with Gasteiger partial charge in [-0.15, -0.1) is 0 Å². The van der Waals surface area contributed by atoms with Gasteiger partial charge in [-0.25, -0.2) is 13.1 Å². The highest BCUT2D eigenvalue weighted by atomic mass is 32.2. The summed E-state index contributed by atoms with van der Waals surface area (Å²) in [5.41, 5.74) is -0.0956. The van der Waals surface area contributed by atoms with Crippen LogP contribution in [-0.2, 0) is 10.0 Å². The minimum Gasteiger partial charge on any atom is -0.313 e. The Morgan fingerprint density at radius 2 is 2.05 bits per heavy atom. The Morgan fingerprint density at radius 3 is 2.73 bits per heavy atom. The van der Waals surface area contributed by atoms with Crippen molar-refractivity contribution in [3.05, 3.63) is 34.4 Å². The maximum atomic E-state index is 12.4. The number of nitro groups is 1. The number of sulfonamides is 1. The van der Waals surface area contributed by atoms with E-state index in [4.69, 9.17) is 0 Å². The SMILES string of the molecule is O=[N+]([O-])c1ccc(S(=O)(=O)NC[C@]23CCC[C@H]2NCC3)cc1. The summed E-state index contributed by atoms with van der Waals surface area (Å²) in [5.74, 6) is 0. The highest BCUT2D eigenvalue weighted by Crippen LogP contribution is 2.44. The van der Waals surface area contributed by atoms with Crippen LogP contribution in [0.25, 0.3) is 0 Å². The van der Waals surface area contributed by atoms with Gasteiger partial charge in [-0.1, -0.05) is 6.42 Å². The van der Waals surface area contributed by atoms with Gasteiger partial charge in [0.2, 0.25) is 10.0 Å². The molecule has 1 saturated carbocycles. The third kappa shape index (κ3) is 2.73. The van der Waals surface area contributed by atoms with Crippen molar-refractivity contribution in [2.24, 2.45) is 5.41 Å². The molecule has 1 aromatic carbocycles. The number of benzene rings is 1. The predicted molar refractivity (Wildman–Crippen MR) is 81.0 cm³/mol. The van der Waals surface area contributed by atoms with Crippen molar-refractivity contribution in [2.75, 3.05) is 13.1 Å². The highest BCUT2D eigenvalue weighted by Gasteiger charge is 2.46. The third-order valence-corrected chi connectivity index (χ3v) is 6.31. The van der Waals surface area contributed by atoms with Gasteiger partial charge in [-0.2, -0.15) is 0 Å². The molecule has 1 aliphatic heterocycles. The van der Waals surface area contributed by atoms with E-state index >= 15 is 0 Å². The molecule has 0 amide bonds. The molecular formula is C14H19N3O4S. The molecule has 0 radical (unpaired) electrons. The Hall–Kier alpha value is -1.51. The summed E-state index contributed by atoms with van der Waals surface area (Å²) >= 11 is 0. The number of nitro benzene ring substituents is 1. The van der Waals surface area contributed by atoms with Crippen molar-refractivity contribution in [1.29, 1.82) is 0 Å². The quantitative estimate of drug-likeness (QED) is 0.629. The normalized spacial score (nSPS) is 27.7. The summed E-state index contributed by atoms with van der Waals surface area (Å²) in [4.78, 5) is 10.1. The second-order valence-corrected chi connectivity index (χ2v) is 7.85. The molecule has 1 heterocycles. The first kappa shape index (κ1) is 15.4. The second kappa shape index (κ2) is 5.60. The summed E-state index contributed by atoms with van der Waals surface area (Å²) in [6, 6.07) is 5.37. The maximum absolute atomic E-state index is 12.4. The van der Waals surface area contributed by atoms with Crippen LogP contribution in [0, 0.1) is 15.5 Å². The number of hydrogen-bond acceptors (Lipinski definition) is 5. The Morgan fingerprint density at radius 1 is 1.32 bits per heavy atom. The van der Waals surface area contributed by atoms with Crippen LogP contribution in [-0.4, -0.2) is 32.5 Å². The lowest BCUT2D eigenvalue weighted by molar-refractivity contribution is -0.384. The van der Waals surface area contributed by atoms with Crippen molar-refractivity contribution in [1.82, 2.24) is 10.0 Å². The molecule has 2 fully saturated rings. The van der Waals surface area contributed by atoms with Gasteiger partial charge in [0, 0.05) is 30.1 Å². The molecule has 2 aliphatic rings. The largest absolute Gasteiger partial charge is 0.313 e. The lowest BCUT2D eigenvalue weighted by atomic mass is 9.83. The fraction of sp³-hybridized carbons (Fsp3) is 0.571. The smallest absolute Gasteiger partial charge is 0.269 e. The molecule has 1 aromatic rings. The average Bonchev–Trinajstić information content (AvgIpc) is 3.05. The molecule has 0 unspecified atom stereocenters. The highest BCUT2D eigenvalue weighted by molar-refractivity contribution is 7.89. The molecule has 22 heavy (non-hydrogen) atoms. The zero-order chi connectivity index (χ0) is 15.8. The zero-order valence-electron chi connectivity index (χ0n) is 12.1. The van der Waals surface area contributed by atoms with Gasteiger partial charge in [-0.3, -0.25) is 10.1 Å². The molecule has 7 nitrogen and oxygen atoms in total. The number of nitrogens with zero attached hydrogens (tertiary/aromatic N) is 1. The molecule has 2 atom stereocenters. The lowest BCUT2D eigenvalue weighted by Gasteiger charge is -2.28. The van der Waals surface area contributed by atoms with E-state index in [9.17, 15) is 18.5 Å². The molecule has 0 bridgehead atoms. The van der Waals surface area contributed by atoms with Crippen molar-refractivity contribution in [3.63, 3.8) is 0 Å². The van der Waals surface area contributed by atoms with Crippen molar-refractivity contribution < 1.29 is 13.3 Å². The van der Waals surface area contributed by atoms with Gasteiger partial charge in [0.25, 0.3) is 5.69 Å². The van der Waals surface area contributed by atoms with Gasteiger partial charge in [0.15, 0.2) is 0 Å². The molecule has 1 saturated heterocycles. The van der Waals surface area contributed by atoms with Crippen LogP contribution in [0.5, 0.6) is 0 Å². The standard InChI is InChI=1S/C14H19N3O4S/c18-17(19)11-3-5-12(6-4-11)22(20,21)16-10-14-7-1-2-13(14)15-9-8-14/h3-6,13,15-16H,1-2,7-10H2/t13-,14-/m1/s1. The minimum atomic E-state index is -3.63. The van der Waals surface area contributed by atoms with Crippen LogP contribution in [0.15, 0.2) is 29.2 Å². The van der Waals surface area contributed by atoms with E-state index in [0.717, 1.165) is 32.2 Å². The fourth-order valence-corrected chi connectivity index (χ4v) is 4.76. The van der Waals surface area contributed by atoms with Crippen molar-refractivity contribution >= 4 is 15.7 Å². The van der Waals surface area contributed by atoms with E-state index in [2.05, 4.69) is 10.0 Å². The van der Waals surface area contributed by atoms with E-state index in [1.54, 1.807) is 0 Å². The topological polar surface area (TPSA) is 101 Å². The third-order valence-electron chi connectivity index (χ3n) is 4.89. The molecular weight excluding hydrogens is 306 g/mol. The number of hydrogen-bond donors (Lipinski definition) is 2. The second-order valence-electron chi connectivity index (χ2n) is 6.09. The molecule has 1 aliphatic carbocycles. The van der Waals surface area contributed by atoms with Crippen molar-refractivity contribution in [3.8, 4) is 0 Å². The molecule has 0 spiro atoms. The Kier molecular flexibility index (Phi) is 3.92. The monoisotopic (exact) mass is 325 g/mol. The van der Waals surface area contributed by atoms with Crippen LogP contribution in [0.3, 0.4) is 0 Å². The van der Waals surface area contributed by atoms with Crippen LogP contribution in [0.2, 0.25) is 0 Å². The Balaban J connectivity index is 1.72. The minimum absolute atomic E-state index is 0.0217. The summed E-state index contributed by atoms with van der Waals surface area (Å²) in [5, 5.41) is 14.1. The van der Waals surface area contributed by atoms with Gasteiger partial charge in [0.05, 0.1) is 9.82 Å². The summed E-state index contributed by atoms with van der Waals surface area (Å²) in [6.45, 7) is 1.36. The molecule has 8 heteroatoms. The number of rotatable bonds is 5. The maximum Gasteiger partial charge on any atom is 0.269 e. The first-order valence-corrected chi connectivity index (χ1v) is 8.89. The van der Waals surface area contributed by atoms with Gasteiger partial charge < -0.3 is 5.32 Å². The first-order chi connectivity index (χ1) is 10.4. The van der Waals surface area contributed by atoms with E-state index in [1.165, 1.54) is 24.3 Å².